The molecule has 1 aromatic heterocycles. The van der Waals surface area contributed by atoms with Gasteiger partial charge < -0.3 is 5.32 Å². The lowest BCUT2D eigenvalue weighted by Gasteiger charge is -2.33. The van der Waals surface area contributed by atoms with Crippen molar-refractivity contribution in [2.75, 3.05) is 13.1 Å². The maximum absolute atomic E-state index is 13.3. The number of hydrogen-bond acceptors (Lipinski definition) is 3. The van der Waals surface area contributed by atoms with Crippen LogP contribution in [0.1, 0.15) is 37.8 Å². The average Bonchev–Trinajstić information content (AvgIpc) is 3.15. The van der Waals surface area contributed by atoms with E-state index in [9.17, 15) is 13.6 Å². The molecule has 1 aliphatic rings. The van der Waals surface area contributed by atoms with Gasteiger partial charge in [0.2, 0.25) is 5.91 Å². The molecule has 0 saturated carbocycles. The van der Waals surface area contributed by atoms with Crippen molar-refractivity contribution < 1.29 is 13.6 Å². The minimum atomic E-state index is -0.821. The molecule has 5 nitrogen and oxygen atoms in total. The largest absolute Gasteiger partial charge is 0.351 e. The van der Waals surface area contributed by atoms with Gasteiger partial charge in [-0.3, -0.25) is 14.4 Å². The second-order valence-electron chi connectivity index (χ2n) is 6.72. The molecule has 1 aromatic carbocycles. The van der Waals surface area contributed by atoms with Gasteiger partial charge in [-0.25, -0.2) is 8.78 Å². The molecule has 0 aliphatic carbocycles. The van der Waals surface area contributed by atoms with Gasteiger partial charge in [0.05, 0.1) is 0 Å². The monoisotopic (exact) mass is 362 g/mol. The summed E-state index contributed by atoms with van der Waals surface area (Å²) in [6.45, 7) is 4.17. The number of rotatable bonds is 6. The second-order valence-corrected chi connectivity index (χ2v) is 6.72. The highest BCUT2D eigenvalue weighted by molar-refractivity contribution is 5.80. The average molecular weight is 362 g/mol. The number of nitrogens with one attached hydrogen (secondary N) is 1. The number of hydrogen-bond donors (Lipinski definition) is 1. The summed E-state index contributed by atoms with van der Waals surface area (Å²) in [5.74, 6) is -1.64. The number of likely N-dealkylation sites (tertiary alicyclic amines) is 1. The molecule has 1 saturated heterocycles. The van der Waals surface area contributed by atoms with Gasteiger partial charge in [0.1, 0.15) is 6.04 Å². The zero-order valence-electron chi connectivity index (χ0n) is 14.9. The highest BCUT2D eigenvalue weighted by atomic mass is 19.2. The summed E-state index contributed by atoms with van der Waals surface area (Å²) in [5, 5.41) is 7.29. The minimum absolute atomic E-state index is 0.00439. The number of amides is 1. The lowest BCUT2D eigenvalue weighted by atomic mass is 10.0. The zero-order chi connectivity index (χ0) is 18.5. The Bertz CT molecular complexity index is 727. The number of nitrogens with zero attached hydrogens (tertiary/aromatic N) is 3. The van der Waals surface area contributed by atoms with Gasteiger partial charge in [-0.2, -0.15) is 5.10 Å². The standard InChI is InChI=1S/C19H24F2N4O/c1-2-18(25-9-3-8-22-25)19(26)23-15-6-10-24(11-7-15)13-14-4-5-16(20)17(21)12-14/h3-5,8-9,12,15,18H,2,6-7,10-11,13H2,1H3,(H,23,26)/t18-/m0/s1. The van der Waals surface area contributed by atoms with Crippen LogP contribution >= 0.6 is 0 Å². The Morgan fingerprint density at radius 2 is 2.08 bits per heavy atom. The van der Waals surface area contributed by atoms with Crippen LogP contribution in [0.2, 0.25) is 0 Å². The molecule has 1 fully saturated rings. The van der Waals surface area contributed by atoms with Crippen molar-refractivity contribution in [3.63, 3.8) is 0 Å². The molecule has 26 heavy (non-hydrogen) atoms. The van der Waals surface area contributed by atoms with E-state index in [1.807, 2.05) is 13.0 Å². The van der Waals surface area contributed by atoms with Gasteiger partial charge in [0.25, 0.3) is 0 Å². The molecule has 7 heteroatoms. The Kier molecular flexibility index (Phi) is 5.98. The molecule has 3 rings (SSSR count). The van der Waals surface area contributed by atoms with Crippen molar-refractivity contribution in [2.24, 2.45) is 0 Å². The first-order valence-corrected chi connectivity index (χ1v) is 9.02. The van der Waals surface area contributed by atoms with Crippen molar-refractivity contribution in [1.82, 2.24) is 20.0 Å². The molecule has 0 bridgehead atoms. The predicted octanol–water partition coefficient (Wildman–Crippen LogP) is 2.89. The topological polar surface area (TPSA) is 50.2 Å². The van der Waals surface area contributed by atoms with E-state index in [0.29, 0.717) is 13.0 Å². The summed E-state index contributed by atoms with van der Waals surface area (Å²) >= 11 is 0. The Morgan fingerprint density at radius 1 is 1.31 bits per heavy atom. The Morgan fingerprint density at radius 3 is 2.69 bits per heavy atom. The molecule has 0 spiro atoms. The summed E-state index contributed by atoms with van der Waals surface area (Å²) in [7, 11) is 0. The maximum Gasteiger partial charge on any atom is 0.245 e. The quantitative estimate of drug-likeness (QED) is 0.860. The highest BCUT2D eigenvalue weighted by Gasteiger charge is 2.25. The van der Waals surface area contributed by atoms with E-state index in [4.69, 9.17) is 0 Å². The van der Waals surface area contributed by atoms with Crippen LogP contribution < -0.4 is 5.32 Å². The minimum Gasteiger partial charge on any atom is -0.351 e. The van der Waals surface area contributed by atoms with E-state index in [0.717, 1.165) is 37.6 Å². The van der Waals surface area contributed by atoms with Gasteiger partial charge in [0.15, 0.2) is 11.6 Å². The number of aromatic nitrogens is 2. The van der Waals surface area contributed by atoms with E-state index in [2.05, 4.69) is 15.3 Å². The third-order valence-electron chi connectivity index (χ3n) is 4.86. The number of piperidine rings is 1. The van der Waals surface area contributed by atoms with Gasteiger partial charge >= 0.3 is 0 Å². The fourth-order valence-corrected chi connectivity index (χ4v) is 3.39. The highest BCUT2D eigenvalue weighted by Crippen LogP contribution is 2.17. The maximum atomic E-state index is 13.3. The van der Waals surface area contributed by atoms with Crippen molar-refractivity contribution >= 4 is 5.91 Å². The third-order valence-corrected chi connectivity index (χ3v) is 4.86. The predicted molar refractivity (Wildman–Crippen MR) is 94.4 cm³/mol. The van der Waals surface area contributed by atoms with Crippen LogP contribution in [0.5, 0.6) is 0 Å². The normalized spacial score (nSPS) is 17.2. The van der Waals surface area contributed by atoms with E-state index in [-0.39, 0.29) is 18.0 Å². The fraction of sp³-hybridized carbons (Fsp3) is 0.474. The first kappa shape index (κ1) is 18.5. The van der Waals surface area contributed by atoms with Crippen LogP contribution in [0.4, 0.5) is 8.78 Å². The Labute approximate surface area is 152 Å². The lowest BCUT2D eigenvalue weighted by Crippen LogP contribution is -2.46. The molecule has 1 atom stereocenters. The van der Waals surface area contributed by atoms with E-state index < -0.39 is 11.6 Å². The smallest absolute Gasteiger partial charge is 0.245 e. The second kappa shape index (κ2) is 8.40. The summed E-state index contributed by atoms with van der Waals surface area (Å²) in [6, 6.07) is 5.69. The van der Waals surface area contributed by atoms with E-state index >= 15 is 0 Å². The van der Waals surface area contributed by atoms with E-state index in [1.54, 1.807) is 23.1 Å². The Balaban J connectivity index is 1.49. The van der Waals surface area contributed by atoms with Crippen LogP contribution in [-0.4, -0.2) is 39.7 Å². The third kappa shape index (κ3) is 4.46. The molecule has 2 heterocycles. The number of benzene rings is 1. The van der Waals surface area contributed by atoms with Crippen LogP contribution in [0, 0.1) is 11.6 Å². The fourth-order valence-electron chi connectivity index (χ4n) is 3.39. The van der Waals surface area contributed by atoms with Gasteiger partial charge in [0, 0.05) is 38.1 Å². The first-order valence-electron chi connectivity index (χ1n) is 9.02. The van der Waals surface area contributed by atoms with E-state index in [1.165, 1.54) is 6.07 Å². The van der Waals surface area contributed by atoms with Gasteiger partial charge in [-0.15, -0.1) is 0 Å². The Hall–Kier alpha value is -2.28. The van der Waals surface area contributed by atoms with Crippen molar-refractivity contribution in [1.29, 1.82) is 0 Å². The van der Waals surface area contributed by atoms with Crippen molar-refractivity contribution in [2.45, 2.75) is 44.8 Å². The van der Waals surface area contributed by atoms with Crippen LogP contribution in [0.25, 0.3) is 0 Å². The molecule has 1 aliphatic heterocycles. The van der Waals surface area contributed by atoms with Crippen LogP contribution in [0.15, 0.2) is 36.7 Å². The summed E-state index contributed by atoms with van der Waals surface area (Å²) in [6.07, 6.45) is 5.84. The summed E-state index contributed by atoms with van der Waals surface area (Å²) in [4.78, 5) is 14.7. The number of carbonyl (C=O) groups excluding carboxylic acids is 1. The van der Waals surface area contributed by atoms with Gasteiger partial charge in [-0.1, -0.05) is 13.0 Å². The summed E-state index contributed by atoms with van der Waals surface area (Å²) < 4.78 is 28.0. The van der Waals surface area contributed by atoms with Crippen LogP contribution in [-0.2, 0) is 11.3 Å². The number of carbonyl (C=O) groups is 1. The van der Waals surface area contributed by atoms with Crippen molar-refractivity contribution in [3.05, 3.63) is 53.9 Å². The molecule has 0 radical (unpaired) electrons. The molecule has 0 unspecified atom stereocenters. The first-order chi connectivity index (χ1) is 12.6. The molecule has 140 valence electrons. The van der Waals surface area contributed by atoms with Crippen molar-refractivity contribution in [3.8, 4) is 0 Å². The zero-order valence-corrected chi connectivity index (χ0v) is 14.9. The SMILES string of the molecule is CC[C@@H](C(=O)NC1CCN(Cc2ccc(F)c(F)c2)CC1)n1cccn1. The molecular weight excluding hydrogens is 338 g/mol. The lowest BCUT2D eigenvalue weighted by molar-refractivity contribution is -0.125. The molecule has 1 amide bonds. The molecule has 2 aromatic rings. The van der Waals surface area contributed by atoms with Gasteiger partial charge in [-0.05, 0) is 43.0 Å². The van der Waals surface area contributed by atoms with Crippen LogP contribution in [0.3, 0.4) is 0 Å². The summed E-state index contributed by atoms with van der Waals surface area (Å²) in [5.41, 5.74) is 0.760. The molecular formula is C19H24F2N4O. The molecule has 1 N–H and O–H groups in total. The number of halogens is 2.